The van der Waals surface area contributed by atoms with Crippen LogP contribution in [-0.4, -0.2) is 196 Å². The summed E-state index contributed by atoms with van der Waals surface area (Å²) >= 11 is 0. The van der Waals surface area contributed by atoms with E-state index in [-0.39, 0.29) is 61.8 Å². The van der Waals surface area contributed by atoms with Crippen molar-refractivity contribution < 1.29 is 117 Å². The minimum absolute atomic E-state index is 0. The fraction of sp³-hybridized carbons (Fsp3) is 0.630. The van der Waals surface area contributed by atoms with E-state index in [1.807, 2.05) is 70.2 Å². The van der Waals surface area contributed by atoms with Crippen molar-refractivity contribution in [3.05, 3.63) is 82.6 Å². The first-order valence-electron chi connectivity index (χ1n) is 26.0. The topological polar surface area (TPSA) is 263 Å². The van der Waals surface area contributed by atoms with E-state index in [0.29, 0.717) is 160 Å². The molecule has 24 heteroatoms. The summed E-state index contributed by atoms with van der Waals surface area (Å²) in [6.45, 7) is 17.2. The molecule has 0 fully saturated rings. The maximum atomic E-state index is 12.3. The van der Waals surface area contributed by atoms with E-state index in [1.165, 1.54) is 18.2 Å². The van der Waals surface area contributed by atoms with Gasteiger partial charge in [-0.3, -0.25) is 4.79 Å². The molecule has 1 unspecified atom stereocenters. The van der Waals surface area contributed by atoms with Crippen LogP contribution in [0.25, 0.3) is 17.4 Å². The fourth-order valence-electron chi connectivity index (χ4n) is 8.36. The van der Waals surface area contributed by atoms with Crippen LogP contribution in [0.3, 0.4) is 0 Å². The molecule has 0 saturated carbocycles. The third kappa shape index (κ3) is 24.9. The van der Waals surface area contributed by atoms with Crippen LogP contribution < -0.4 is 44.4 Å². The number of methoxy groups -OCH3 is 2. The predicted molar refractivity (Wildman–Crippen MR) is 286 cm³/mol. The van der Waals surface area contributed by atoms with E-state index in [9.17, 15) is 35.8 Å². The number of nitrogens with zero attached hydrogens (tertiary/aromatic N) is 2. The molecular formula is C54H81N2NaO19S2. The van der Waals surface area contributed by atoms with Crippen LogP contribution in [0.1, 0.15) is 70.3 Å². The van der Waals surface area contributed by atoms with Crippen molar-refractivity contribution in [1.82, 2.24) is 4.58 Å². The molecule has 0 radical (unpaired) electrons. The molecule has 4 rings (SSSR count). The molecule has 0 saturated heterocycles. The van der Waals surface area contributed by atoms with E-state index in [2.05, 4.69) is 4.58 Å². The van der Waals surface area contributed by atoms with E-state index in [4.69, 9.17) is 51.8 Å². The Balaban J connectivity index is 0.0000160. The first-order chi connectivity index (χ1) is 36.8. The van der Waals surface area contributed by atoms with E-state index >= 15 is 0 Å². The summed E-state index contributed by atoms with van der Waals surface area (Å²) in [4.78, 5) is 13.0. The number of carboxylic acid groups (broad SMARTS) is 1. The molecule has 0 spiro atoms. The third-order valence-corrected chi connectivity index (χ3v) is 14.0. The number of aliphatic carboxylic acids is 1. The van der Waals surface area contributed by atoms with Gasteiger partial charge in [0.2, 0.25) is 5.36 Å². The number of carboxylic acids is 1. The average Bonchev–Trinajstić information content (AvgIpc) is 3.79. The number of carbonyl (C=O) groups is 1. The first-order valence-corrected chi connectivity index (χ1v) is 29.0. The second-order valence-electron chi connectivity index (χ2n) is 19.3. The van der Waals surface area contributed by atoms with E-state index in [0.717, 1.165) is 16.5 Å². The van der Waals surface area contributed by atoms with Crippen LogP contribution in [0.4, 0.5) is 5.69 Å². The maximum absolute atomic E-state index is 12.3. The van der Waals surface area contributed by atoms with Crippen molar-refractivity contribution in [2.45, 2.75) is 69.1 Å². The largest absolute Gasteiger partial charge is 1.00 e. The van der Waals surface area contributed by atoms with Gasteiger partial charge in [0, 0.05) is 66.8 Å². The van der Waals surface area contributed by atoms with Gasteiger partial charge in [0.25, 0.3) is 0 Å². The van der Waals surface area contributed by atoms with Crippen LogP contribution in [0, 0.1) is 0 Å². The molecule has 2 heterocycles. The zero-order valence-corrected chi connectivity index (χ0v) is 50.3. The van der Waals surface area contributed by atoms with Gasteiger partial charge in [-0.15, -0.1) is 0 Å². The molecule has 0 aromatic heterocycles. The Hall–Kier alpha value is -3.18. The van der Waals surface area contributed by atoms with Crippen LogP contribution in [0.5, 0.6) is 0 Å². The normalized spacial score (nSPS) is 15.4. The molecule has 0 amide bonds. The van der Waals surface area contributed by atoms with Gasteiger partial charge < -0.3 is 70.9 Å². The summed E-state index contributed by atoms with van der Waals surface area (Å²) in [6, 6.07) is 11.9. The van der Waals surface area contributed by atoms with Gasteiger partial charge in [-0.2, -0.15) is 0 Å². The zero-order valence-electron chi connectivity index (χ0n) is 46.7. The van der Waals surface area contributed by atoms with Crippen molar-refractivity contribution in [3.8, 4) is 11.3 Å². The summed E-state index contributed by atoms with van der Waals surface area (Å²) in [5.41, 5.74) is 1.76. The third-order valence-electron chi connectivity index (χ3n) is 12.4. The smallest absolute Gasteiger partial charge is 0.748 e. The first kappa shape index (κ1) is 69.1. The minimum atomic E-state index is -4.88. The molecule has 434 valence electrons. The molecule has 0 bridgehead atoms. The zero-order chi connectivity index (χ0) is 56.2. The summed E-state index contributed by atoms with van der Waals surface area (Å²) in [5, 5.41) is 10.4. The van der Waals surface area contributed by atoms with Gasteiger partial charge in [0.1, 0.15) is 34.9 Å². The molecule has 2 aliphatic heterocycles. The number of allylic oxidation sites excluding steroid dienone is 3. The number of fused-ring (bicyclic) bond motifs is 2. The maximum Gasteiger partial charge on any atom is 1.00 e. The Morgan fingerprint density at radius 3 is 1.67 bits per heavy atom. The van der Waals surface area contributed by atoms with Gasteiger partial charge in [0.15, 0.2) is 13.1 Å². The summed E-state index contributed by atoms with van der Waals surface area (Å²) in [6.07, 6.45) is 5.78. The second kappa shape index (κ2) is 36.3. The molecule has 1 N–H and O–H groups in total. The van der Waals surface area contributed by atoms with E-state index in [1.54, 1.807) is 19.1 Å². The molecule has 1 atom stereocenters. The molecule has 1 aromatic carbocycles. The molecular weight excluding hydrogens is 1070 g/mol. The number of benzene rings is 2. The minimum Gasteiger partial charge on any atom is -0.748 e. The Morgan fingerprint density at radius 2 is 1.21 bits per heavy atom. The molecule has 3 aliphatic rings. The Kier molecular flexibility index (Phi) is 32.2. The van der Waals surface area contributed by atoms with Crippen LogP contribution in [0.2, 0.25) is 0 Å². The molecule has 21 nitrogen and oxygen atoms in total. The second-order valence-corrected chi connectivity index (χ2v) is 22.2. The SMILES string of the molecule is COCCOCCOCCOCCOCC[N+](CCOCCOCCOCCOCCOC)=c1ccc2c(/C=C/C=C3\N(CCCS(=O)(=O)[O-])c4ccc(S(=O)(=O)[O-])cc4C3(C)CCCC(=O)O)cc(C(C)(C)C)oc-2c1.[Na+]. The number of rotatable bonds is 41. The van der Waals surface area contributed by atoms with Crippen LogP contribution in [-0.2, 0) is 83.2 Å². The van der Waals surface area contributed by atoms with Crippen molar-refractivity contribution >= 4 is 38.0 Å². The summed E-state index contributed by atoms with van der Waals surface area (Å²) in [7, 11) is -6.19. The van der Waals surface area contributed by atoms with Crippen molar-refractivity contribution in [2.75, 3.05) is 163 Å². The summed E-state index contributed by atoms with van der Waals surface area (Å²) < 4.78 is 136. The van der Waals surface area contributed by atoms with Crippen molar-refractivity contribution in [3.63, 3.8) is 0 Å². The molecule has 1 aromatic rings. The van der Waals surface area contributed by atoms with E-state index < -0.39 is 47.7 Å². The standard InChI is InChI=1S/C54H82N2O19S2.Na/c1-53(2,3)51-40-43(10-7-11-50-54(4,17-8-12-52(57)58)47-42-45(77(62,63)64)14-16-48(47)56(50)18-9-39-76(59,60)61)46-15-13-44(41-49(46)75-51)55(19-21-67-27-29-71-35-37-73-33-31-69-25-23-65-5)20-22-68-28-30-72-36-38-74-34-32-70-26-24-66-6;/h7,10-11,13-16,40-42H,8-9,12,17-39H2,1-6H3,(H2-,57,58,59,60,61,62,63,64);/q;+1/p-1. The quantitative estimate of drug-likeness (QED) is 0.0366. The number of ether oxygens (including phenoxy) is 10. The van der Waals surface area contributed by atoms with Crippen molar-refractivity contribution in [2.24, 2.45) is 0 Å². The number of hydrogen-bond donors (Lipinski definition) is 1. The van der Waals surface area contributed by atoms with Gasteiger partial charge in [-0.25, -0.2) is 21.4 Å². The van der Waals surface area contributed by atoms with Gasteiger partial charge in [-0.1, -0.05) is 32.9 Å². The number of hydrogen-bond acceptors (Lipinski definition) is 19. The van der Waals surface area contributed by atoms with Crippen LogP contribution in [0.15, 0.2) is 69.6 Å². The fourth-order valence-corrected chi connectivity index (χ4v) is 9.34. The van der Waals surface area contributed by atoms with Gasteiger partial charge in [-0.05, 0) is 73.7 Å². The monoisotopic (exact) mass is 1150 g/mol. The van der Waals surface area contributed by atoms with Crippen molar-refractivity contribution in [1.29, 1.82) is 0 Å². The predicted octanol–water partition coefficient (Wildman–Crippen LogP) is 1.65. The van der Waals surface area contributed by atoms with Gasteiger partial charge in [0.05, 0.1) is 127 Å². The molecule has 78 heavy (non-hydrogen) atoms. The number of anilines is 1. The Bertz CT molecular complexity index is 2530. The van der Waals surface area contributed by atoms with Gasteiger partial charge >= 0.3 is 35.5 Å². The average molecular weight is 1150 g/mol. The molecule has 1 aliphatic carbocycles. The summed E-state index contributed by atoms with van der Waals surface area (Å²) in [5.74, 6) is -0.339. The Labute approximate surface area is 483 Å². The van der Waals surface area contributed by atoms with Crippen LogP contribution >= 0.6 is 0 Å². The Morgan fingerprint density at radius 1 is 0.705 bits per heavy atom.